The van der Waals surface area contributed by atoms with Crippen LogP contribution in [0.4, 0.5) is 5.69 Å². The number of halogens is 1. The Bertz CT molecular complexity index is 1180. The number of carbonyl (C=O) groups is 2. The third-order valence-electron chi connectivity index (χ3n) is 5.83. The van der Waals surface area contributed by atoms with Crippen molar-refractivity contribution >= 4 is 50.9 Å². The fraction of sp³-hybridized carbons (Fsp3) is 0.364. The van der Waals surface area contributed by atoms with Gasteiger partial charge in [-0.05, 0) is 55.3 Å². The van der Waals surface area contributed by atoms with Gasteiger partial charge < -0.3 is 10.2 Å². The highest BCUT2D eigenvalue weighted by molar-refractivity contribution is 8.01. The van der Waals surface area contributed by atoms with Gasteiger partial charge in [0, 0.05) is 42.5 Å². The summed E-state index contributed by atoms with van der Waals surface area (Å²) >= 11 is 7.32. The van der Waals surface area contributed by atoms with Crippen LogP contribution in [-0.4, -0.2) is 60.9 Å². The van der Waals surface area contributed by atoms with E-state index in [1.54, 1.807) is 35.2 Å². The second-order valence-electron chi connectivity index (χ2n) is 7.97. The van der Waals surface area contributed by atoms with E-state index >= 15 is 0 Å². The van der Waals surface area contributed by atoms with Gasteiger partial charge in [0.1, 0.15) is 0 Å². The number of aryl methyl sites for hydroxylation is 2. The van der Waals surface area contributed by atoms with E-state index in [1.165, 1.54) is 16.1 Å². The number of piperazine rings is 1. The van der Waals surface area contributed by atoms with E-state index in [1.807, 2.05) is 19.9 Å². The van der Waals surface area contributed by atoms with Gasteiger partial charge in [-0.1, -0.05) is 17.7 Å². The lowest BCUT2D eigenvalue weighted by molar-refractivity contribution is -0.133. The molecule has 0 bridgehead atoms. The molecule has 2 amide bonds. The minimum Gasteiger partial charge on any atom is -0.340 e. The summed E-state index contributed by atoms with van der Waals surface area (Å²) in [6, 6.07) is 10.4. The highest BCUT2D eigenvalue weighted by Gasteiger charge is 2.34. The van der Waals surface area contributed by atoms with Crippen LogP contribution in [0.3, 0.4) is 0 Å². The Kier molecular flexibility index (Phi) is 6.53. The standard InChI is InChI=1S/C22H24ClN3O4S2/c1-14-3-5-17(11-15(14)2)32(29,30)26-9-7-25(8-10-26)21(27)13-20-22(28)24-18-12-16(23)4-6-19(18)31-20/h3-6,11-12,20H,7-10,13H2,1-2H3,(H,24,28). The molecule has 0 radical (unpaired) electrons. The number of nitrogens with one attached hydrogen (secondary N) is 1. The molecule has 2 aromatic carbocycles. The Morgan fingerprint density at radius 3 is 2.50 bits per heavy atom. The zero-order valence-electron chi connectivity index (χ0n) is 17.8. The molecule has 2 aliphatic heterocycles. The predicted octanol–water partition coefficient (Wildman–Crippen LogP) is 3.29. The molecule has 0 saturated carbocycles. The molecule has 2 heterocycles. The molecular weight excluding hydrogens is 470 g/mol. The average Bonchev–Trinajstić information content (AvgIpc) is 2.76. The van der Waals surface area contributed by atoms with E-state index in [0.717, 1.165) is 16.0 Å². The lowest BCUT2D eigenvalue weighted by Crippen LogP contribution is -2.51. The van der Waals surface area contributed by atoms with Crippen molar-refractivity contribution in [2.45, 2.75) is 35.3 Å². The predicted molar refractivity (Wildman–Crippen MR) is 126 cm³/mol. The molecule has 170 valence electrons. The van der Waals surface area contributed by atoms with Crippen molar-refractivity contribution in [3.05, 3.63) is 52.5 Å². The summed E-state index contributed by atoms with van der Waals surface area (Å²) in [5.74, 6) is -0.382. The zero-order valence-corrected chi connectivity index (χ0v) is 20.2. The van der Waals surface area contributed by atoms with Crippen LogP contribution >= 0.6 is 23.4 Å². The normalized spacial score (nSPS) is 19.4. The Balaban J connectivity index is 1.37. The Hall–Kier alpha value is -2.07. The molecule has 1 atom stereocenters. The molecule has 10 heteroatoms. The van der Waals surface area contributed by atoms with Gasteiger partial charge in [-0.25, -0.2) is 8.42 Å². The van der Waals surface area contributed by atoms with Crippen LogP contribution in [0.2, 0.25) is 5.02 Å². The minimum absolute atomic E-state index is 0.0580. The number of hydrogen-bond donors (Lipinski definition) is 1. The molecule has 1 saturated heterocycles. The van der Waals surface area contributed by atoms with Crippen molar-refractivity contribution < 1.29 is 18.0 Å². The van der Waals surface area contributed by atoms with Gasteiger partial charge in [-0.15, -0.1) is 11.8 Å². The van der Waals surface area contributed by atoms with Gasteiger partial charge in [-0.2, -0.15) is 4.31 Å². The molecule has 0 spiro atoms. The van der Waals surface area contributed by atoms with Gasteiger partial charge in [0.2, 0.25) is 21.8 Å². The van der Waals surface area contributed by atoms with Gasteiger partial charge in [0.15, 0.2) is 0 Å². The Morgan fingerprint density at radius 1 is 1.09 bits per heavy atom. The van der Waals surface area contributed by atoms with E-state index in [2.05, 4.69) is 5.32 Å². The molecule has 0 aromatic heterocycles. The highest BCUT2D eigenvalue weighted by atomic mass is 35.5. The second kappa shape index (κ2) is 9.05. The molecule has 1 unspecified atom stereocenters. The summed E-state index contributed by atoms with van der Waals surface area (Å²) in [4.78, 5) is 28.1. The molecule has 7 nitrogen and oxygen atoms in total. The van der Waals surface area contributed by atoms with E-state index in [9.17, 15) is 18.0 Å². The topological polar surface area (TPSA) is 86.8 Å². The van der Waals surface area contributed by atoms with Crippen LogP contribution < -0.4 is 5.32 Å². The van der Waals surface area contributed by atoms with Crippen molar-refractivity contribution in [2.24, 2.45) is 0 Å². The molecule has 2 aliphatic rings. The van der Waals surface area contributed by atoms with E-state index in [-0.39, 0.29) is 36.2 Å². The first-order valence-corrected chi connectivity index (χ1v) is 13.0. The molecule has 4 rings (SSSR count). The first-order valence-electron chi connectivity index (χ1n) is 10.3. The van der Waals surface area contributed by atoms with E-state index < -0.39 is 15.3 Å². The summed E-state index contributed by atoms with van der Waals surface area (Å²) in [5, 5.41) is 2.81. The number of rotatable bonds is 4. The monoisotopic (exact) mass is 493 g/mol. The summed E-state index contributed by atoms with van der Waals surface area (Å²) in [7, 11) is -3.61. The maximum Gasteiger partial charge on any atom is 0.243 e. The number of amides is 2. The second-order valence-corrected chi connectivity index (χ2v) is 11.6. The lowest BCUT2D eigenvalue weighted by atomic mass is 10.1. The van der Waals surface area contributed by atoms with Crippen molar-refractivity contribution in [1.29, 1.82) is 0 Å². The van der Waals surface area contributed by atoms with Crippen molar-refractivity contribution in [3.63, 3.8) is 0 Å². The quantitative estimate of drug-likeness (QED) is 0.706. The first kappa shape index (κ1) is 23.1. The number of anilines is 1. The van der Waals surface area contributed by atoms with Gasteiger partial charge >= 0.3 is 0 Å². The third-order valence-corrected chi connectivity index (χ3v) is 9.23. The fourth-order valence-electron chi connectivity index (χ4n) is 3.75. The minimum atomic E-state index is -3.61. The maximum atomic E-state index is 13.0. The summed E-state index contributed by atoms with van der Waals surface area (Å²) in [6.07, 6.45) is 0.0580. The average molecular weight is 494 g/mol. The van der Waals surface area contributed by atoms with Gasteiger partial charge in [0.05, 0.1) is 15.8 Å². The number of thioether (sulfide) groups is 1. The van der Waals surface area contributed by atoms with Crippen molar-refractivity contribution in [3.8, 4) is 0 Å². The number of sulfonamides is 1. The Morgan fingerprint density at radius 2 is 1.81 bits per heavy atom. The molecular formula is C22H24ClN3O4S2. The smallest absolute Gasteiger partial charge is 0.243 e. The maximum absolute atomic E-state index is 13.0. The number of fused-ring (bicyclic) bond motifs is 1. The Labute approximate surface area is 197 Å². The van der Waals surface area contributed by atoms with Crippen LogP contribution in [0.1, 0.15) is 17.5 Å². The fourth-order valence-corrected chi connectivity index (χ4v) is 6.51. The molecule has 32 heavy (non-hydrogen) atoms. The number of carbonyl (C=O) groups excluding carboxylic acids is 2. The summed E-state index contributed by atoms with van der Waals surface area (Å²) in [5.41, 5.74) is 2.61. The van der Waals surface area contributed by atoms with Crippen LogP contribution in [0, 0.1) is 13.8 Å². The largest absolute Gasteiger partial charge is 0.340 e. The number of benzene rings is 2. The van der Waals surface area contributed by atoms with Crippen LogP contribution in [0.15, 0.2) is 46.2 Å². The van der Waals surface area contributed by atoms with Gasteiger partial charge in [0.25, 0.3) is 0 Å². The number of nitrogens with zero attached hydrogens (tertiary/aromatic N) is 2. The van der Waals surface area contributed by atoms with Crippen LogP contribution in [0.5, 0.6) is 0 Å². The third kappa shape index (κ3) is 4.66. The van der Waals surface area contributed by atoms with Crippen molar-refractivity contribution in [2.75, 3.05) is 31.5 Å². The van der Waals surface area contributed by atoms with Gasteiger partial charge in [-0.3, -0.25) is 9.59 Å². The molecule has 2 aromatic rings. The van der Waals surface area contributed by atoms with Crippen molar-refractivity contribution in [1.82, 2.24) is 9.21 Å². The first-order chi connectivity index (χ1) is 15.1. The van der Waals surface area contributed by atoms with E-state index in [4.69, 9.17) is 11.6 Å². The molecule has 0 aliphatic carbocycles. The molecule has 1 fully saturated rings. The summed E-state index contributed by atoms with van der Waals surface area (Å²) < 4.78 is 27.4. The van der Waals surface area contributed by atoms with Crippen LogP contribution in [0.25, 0.3) is 0 Å². The van der Waals surface area contributed by atoms with E-state index in [0.29, 0.717) is 23.8 Å². The number of hydrogen-bond acceptors (Lipinski definition) is 5. The lowest BCUT2D eigenvalue weighted by Gasteiger charge is -2.35. The highest BCUT2D eigenvalue weighted by Crippen LogP contribution is 2.38. The van der Waals surface area contributed by atoms with Crippen LogP contribution in [-0.2, 0) is 19.6 Å². The summed E-state index contributed by atoms with van der Waals surface area (Å²) in [6.45, 7) is 4.88. The zero-order chi connectivity index (χ0) is 23.0. The molecule has 1 N–H and O–H groups in total. The SMILES string of the molecule is Cc1ccc(S(=O)(=O)N2CCN(C(=O)CC3Sc4ccc(Cl)cc4NC3=O)CC2)cc1C.